The van der Waals surface area contributed by atoms with E-state index < -0.39 is 30.7 Å². The van der Waals surface area contributed by atoms with E-state index in [9.17, 15) is 24.0 Å². The Balaban J connectivity index is 1.79. The highest BCUT2D eigenvalue weighted by Gasteiger charge is 2.30. The fourth-order valence-electron chi connectivity index (χ4n) is 3.92. The van der Waals surface area contributed by atoms with Gasteiger partial charge >= 0.3 is 7.12 Å². The molecule has 3 aromatic rings. The van der Waals surface area contributed by atoms with E-state index in [0.29, 0.717) is 16.9 Å². The lowest BCUT2D eigenvalue weighted by Crippen LogP contribution is -2.50. The number of benzene rings is 3. The highest BCUT2D eigenvalue weighted by atomic mass is 19.1. The summed E-state index contributed by atoms with van der Waals surface area (Å²) in [6, 6.07) is 19.9. The minimum Gasteiger partial charge on any atom is -0.497 e. The number of nitrogens with one attached hydrogen (secondary N) is 1. The van der Waals surface area contributed by atoms with Crippen LogP contribution in [0.1, 0.15) is 27.9 Å². The molecule has 0 saturated carbocycles. The third-order valence-corrected chi connectivity index (χ3v) is 5.85. The van der Waals surface area contributed by atoms with E-state index in [0.717, 1.165) is 5.56 Å². The Morgan fingerprint density at radius 2 is 1.56 bits per heavy atom. The maximum Gasteiger partial charge on any atom is 0.475 e. The predicted molar refractivity (Wildman–Crippen MR) is 134 cm³/mol. The Hall–Kier alpha value is -3.69. The quantitative estimate of drug-likeness (QED) is 0.265. The van der Waals surface area contributed by atoms with Gasteiger partial charge in [-0.1, -0.05) is 30.3 Å². The topological polar surface area (TPSA) is 105 Å². The van der Waals surface area contributed by atoms with Gasteiger partial charge in [-0.15, -0.1) is 0 Å². The first-order valence-electron chi connectivity index (χ1n) is 11.5. The maximum atomic E-state index is 13.9. The highest BCUT2D eigenvalue weighted by molar-refractivity contribution is 6.43. The summed E-state index contributed by atoms with van der Waals surface area (Å²) >= 11 is 0. The maximum absolute atomic E-state index is 13.9. The third-order valence-electron chi connectivity index (χ3n) is 5.85. The van der Waals surface area contributed by atoms with Crippen molar-refractivity contribution in [2.75, 3.05) is 14.2 Å². The monoisotopic (exact) mass is 493 g/mol. The Morgan fingerprint density at radius 1 is 0.889 bits per heavy atom. The predicted octanol–water partition coefficient (Wildman–Crippen LogP) is 3.01. The molecule has 0 saturated heterocycles. The average molecular weight is 493 g/mol. The highest BCUT2D eigenvalue weighted by Crippen LogP contribution is 2.20. The third kappa shape index (κ3) is 7.66. The summed E-state index contributed by atoms with van der Waals surface area (Å²) in [4.78, 5) is 26.3. The zero-order valence-electron chi connectivity index (χ0n) is 20.2. The van der Waals surface area contributed by atoms with Crippen molar-refractivity contribution < 1.29 is 33.5 Å². The van der Waals surface area contributed by atoms with Crippen molar-refractivity contribution in [1.82, 2.24) is 5.32 Å². The molecule has 0 fully saturated rings. The molecule has 7 nitrogen and oxygen atoms in total. The van der Waals surface area contributed by atoms with Crippen molar-refractivity contribution in [2.45, 2.75) is 25.2 Å². The molecule has 0 radical (unpaired) electrons. The normalized spacial score (nSPS) is 12.4. The van der Waals surface area contributed by atoms with Crippen LogP contribution >= 0.6 is 0 Å². The van der Waals surface area contributed by atoms with E-state index in [2.05, 4.69) is 5.32 Å². The van der Waals surface area contributed by atoms with Crippen LogP contribution in [0.25, 0.3) is 0 Å². The number of halogens is 1. The molecule has 0 aliphatic rings. The van der Waals surface area contributed by atoms with Crippen LogP contribution in [0.2, 0.25) is 0 Å². The van der Waals surface area contributed by atoms with Crippen molar-refractivity contribution >= 4 is 18.8 Å². The number of rotatable bonds is 12. The fraction of sp³-hybridized carbons (Fsp3) is 0.259. The second kappa shape index (κ2) is 12.9. The Kier molecular flexibility index (Phi) is 9.61. The molecule has 0 aromatic heterocycles. The molecule has 2 atom stereocenters. The van der Waals surface area contributed by atoms with Crippen LogP contribution in [0.4, 0.5) is 4.39 Å². The van der Waals surface area contributed by atoms with Gasteiger partial charge in [0, 0.05) is 24.0 Å². The van der Waals surface area contributed by atoms with Gasteiger partial charge in [-0.2, -0.15) is 0 Å². The molecule has 0 bridgehead atoms. The van der Waals surface area contributed by atoms with Crippen LogP contribution in [0.5, 0.6) is 11.5 Å². The summed E-state index contributed by atoms with van der Waals surface area (Å²) in [7, 11) is 1.02. The number of methoxy groups -OCH3 is 2. The lowest BCUT2D eigenvalue weighted by atomic mass is 9.75. The fourth-order valence-corrected chi connectivity index (χ4v) is 3.92. The summed E-state index contributed by atoms with van der Waals surface area (Å²) in [5, 5.41) is 22.5. The zero-order chi connectivity index (χ0) is 26.1. The van der Waals surface area contributed by atoms with E-state index in [4.69, 9.17) is 9.47 Å². The van der Waals surface area contributed by atoms with E-state index in [1.165, 1.54) is 26.4 Å². The Bertz CT molecular complexity index is 1160. The van der Waals surface area contributed by atoms with Crippen molar-refractivity contribution in [1.29, 1.82) is 0 Å². The van der Waals surface area contributed by atoms with E-state index in [1.54, 1.807) is 30.3 Å². The van der Waals surface area contributed by atoms with Crippen LogP contribution in [0.15, 0.2) is 72.8 Å². The van der Waals surface area contributed by atoms with E-state index in [-0.39, 0.29) is 30.8 Å². The molecule has 3 rings (SSSR count). The first-order valence-corrected chi connectivity index (χ1v) is 11.5. The number of Topliss-reactive ketones (excluding diaryl/α,β-unsaturated/α-hetero) is 1. The molecule has 36 heavy (non-hydrogen) atoms. The van der Waals surface area contributed by atoms with E-state index in [1.807, 2.05) is 30.3 Å². The molecular weight excluding hydrogens is 464 g/mol. The lowest BCUT2D eigenvalue weighted by Gasteiger charge is -2.23. The van der Waals surface area contributed by atoms with Crippen LogP contribution in [0, 0.1) is 11.7 Å². The summed E-state index contributed by atoms with van der Waals surface area (Å²) in [6.07, 6.45) is 0.133. The molecule has 9 heteroatoms. The molecule has 0 aliphatic heterocycles. The summed E-state index contributed by atoms with van der Waals surface area (Å²) in [6.45, 7) is 0. The van der Waals surface area contributed by atoms with Crippen LogP contribution in [-0.2, 0) is 17.6 Å². The van der Waals surface area contributed by atoms with Crippen LogP contribution < -0.4 is 14.8 Å². The van der Waals surface area contributed by atoms with Crippen molar-refractivity contribution in [3.05, 3.63) is 95.3 Å². The van der Waals surface area contributed by atoms with Crippen LogP contribution in [0.3, 0.4) is 0 Å². The standard InChI is InChI=1S/C27H29BFNO6/c1-35-23-10-8-20(9-11-23)25(31)16-21(12-18-6-4-3-5-7-18)27(32)30-26(28(33)34)15-19-13-22(29)17-24(14-19)36-2/h3-11,13-14,17,21,26,33-34H,12,15-16H2,1-2H3,(H,30,32). The van der Waals surface area contributed by atoms with Crippen molar-refractivity contribution in [2.24, 2.45) is 5.92 Å². The average Bonchev–Trinajstić information content (AvgIpc) is 2.88. The molecule has 3 N–H and O–H groups in total. The zero-order valence-corrected chi connectivity index (χ0v) is 20.2. The molecule has 1 amide bonds. The molecule has 0 heterocycles. The van der Waals surface area contributed by atoms with Gasteiger partial charge in [-0.25, -0.2) is 4.39 Å². The van der Waals surface area contributed by atoms with Crippen molar-refractivity contribution in [3.63, 3.8) is 0 Å². The second-order valence-corrected chi connectivity index (χ2v) is 8.47. The van der Waals surface area contributed by atoms with Gasteiger partial charge in [0.25, 0.3) is 0 Å². The number of hydrogen-bond donors (Lipinski definition) is 3. The summed E-state index contributed by atoms with van der Waals surface area (Å²) < 4.78 is 24.1. The first kappa shape index (κ1) is 26.9. The largest absolute Gasteiger partial charge is 0.497 e. The summed E-state index contributed by atoms with van der Waals surface area (Å²) in [5.41, 5.74) is 1.71. The number of hydrogen-bond acceptors (Lipinski definition) is 6. The molecular formula is C27H29BFNO6. The Labute approximate surface area is 210 Å². The van der Waals surface area contributed by atoms with Gasteiger partial charge in [-0.05, 0) is 60.4 Å². The minimum atomic E-state index is -1.90. The number of amides is 1. The van der Waals surface area contributed by atoms with Gasteiger partial charge in [0.1, 0.15) is 17.3 Å². The van der Waals surface area contributed by atoms with Crippen LogP contribution in [-0.4, -0.2) is 49.0 Å². The van der Waals surface area contributed by atoms with E-state index >= 15 is 0 Å². The summed E-state index contributed by atoms with van der Waals surface area (Å²) in [5.74, 6) is -2.31. The second-order valence-electron chi connectivity index (χ2n) is 8.47. The number of ether oxygens (including phenoxy) is 2. The van der Waals surface area contributed by atoms with Gasteiger partial charge in [0.05, 0.1) is 20.2 Å². The van der Waals surface area contributed by atoms with Crippen molar-refractivity contribution in [3.8, 4) is 11.5 Å². The van der Waals surface area contributed by atoms with Gasteiger partial charge < -0.3 is 24.8 Å². The molecule has 188 valence electrons. The lowest BCUT2D eigenvalue weighted by molar-refractivity contribution is -0.125. The SMILES string of the molecule is COc1ccc(C(=O)CC(Cc2ccccc2)C(=O)NC(Cc2cc(F)cc(OC)c2)B(O)O)cc1. The number of ketones is 1. The Morgan fingerprint density at radius 3 is 2.17 bits per heavy atom. The molecule has 2 unspecified atom stereocenters. The smallest absolute Gasteiger partial charge is 0.475 e. The number of carbonyl (C=O) groups excluding carboxylic acids is 2. The minimum absolute atomic E-state index is 0.0536. The first-order chi connectivity index (χ1) is 17.3. The van der Waals surface area contributed by atoms with Gasteiger partial charge in [0.2, 0.25) is 5.91 Å². The molecule has 0 spiro atoms. The van der Waals surface area contributed by atoms with Gasteiger partial charge in [-0.3, -0.25) is 9.59 Å². The molecule has 3 aromatic carbocycles. The van der Waals surface area contributed by atoms with Gasteiger partial charge in [0.15, 0.2) is 5.78 Å². The molecule has 0 aliphatic carbocycles. The number of carbonyl (C=O) groups is 2.